The molecule has 3 heterocycles. The zero-order chi connectivity index (χ0) is 19.1. The summed E-state index contributed by atoms with van der Waals surface area (Å²) >= 11 is 7.22. The second kappa shape index (κ2) is 6.94. The topological polar surface area (TPSA) is 64.0 Å². The third kappa shape index (κ3) is 3.19. The van der Waals surface area contributed by atoms with E-state index in [1.807, 2.05) is 31.2 Å². The largest absolute Gasteiger partial charge is 0.310 e. The average Bonchev–Trinajstić information content (AvgIpc) is 3.24. The van der Waals surface area contributed by atoms with E-state index >= 15 is 0 Å². The number of rotatable bonds is 4. The van der Waals surface area contributed by atoms with Gasteiger partial charge in [0, 0.05) is 12.0 Å². The second-order valence-electron chi connectivity index (χ2n) is 6.55. The highest BCUT2D eigenvalue weighted by atomic mass is 35.5. The van der Waals surface area contributed by atoms with E-state index in [1.165, 1.54) is 16.9 Å². The SMILES string of the molecule is CCc1ccc(-n2nc(C)c3c2NC(=O)C[C@@H]3C(=O)c2ccc(Cl)s2)cc1. The van der Waals surface area contributed by atoms with Gasteiger partial charge in [0.05, 0.1) is 26.5 Å². The van der Waals surface area contributed by atoms with Crippen LogP contribution in [0.15, 0.2) is 36.4 Å². The van der Waals surface area contributed by atoms with Crippen molar-refractivity contribution < 1.29 is 9.59 Å². The number of benzene rings is 1. The molecule has 4 rings (SSSR count). The molecule has 0 unspecified atom stereocenters. The van der Waals surface area contributed by atoms with Crippen LogP contribution in [0.2, 0.25) is 4.34 Å². The quantitative estimate of drug-likeness (QED) is 0.643. The lowest BCUT2D eigenvalue weighted by Gasteiger charge is -2.22. The summed E-state index contributed by atoms with van der Waals surface area (Å²) in [5.74, 6) is -0.247. The molecule has 0 fully saturated rings. The summed E-state index contributed by atoms with van der Waals surface area (Å²) in [6.07, 6.45) is 1.07. The maximum absolute atomic E-state index is 13.0. The monoisotopic (exact) mass is 399 g/mol. The van der Waals surface area contributed by atoms with Gasteiger partial charge in [0.2, 0.25) is 5.91 Å². The molecular formula is C20H18ClN3O2S. The van der Waals surface area contributed by atoms with Gasteiger partial charge in [-0.15, -0.1) is 11.3 Å². The Labute approximate surface area is 166 Å². The number of Topliss-reactive ketones (excluding diaryl/α,β-unsaturated/α-hetero) is 1. The lowest BCUT2D eigenvalue weighted by Crippen LogP contribution is -2.28. The minimum Gasteiger partial charge on any atom is -0.310 e. The van der Waals surface area contributed by atoms with E-state index < -0.39 is 5.92 Å². The zero-order valence-electron chi connectivity index (χ0n) is 15.0. The Morgan fingerprint density at radius 2 is 2.04 bits per heavy atom. The highest BCUT2D eigenvalue weighted by molar-refractivity contribution is 7.18. The number of hydrogen-bond acceptors (Lipinski definition) is 4. The molecule has 138 valence electrons. The number of aryl methyl sites for hydroxylation is 2. The summed E-state index contributed by atoms with van der Waals surface area (Å²) in [6.45, 7) is 3.97. The molecule has 1 aliphatic rings. The standard InChI is InChI=1S/C20H18ClN3O2S/c1-3-12-4-6-13(7-5-12)24-20-18(11(2)23-24)14(10-17(25)22-20)19(26)15-8-9-16(21)27-15/h4-9,14H,3,10H2,1-2H3,(H,22,25)/t14-/m0/s1. The molecule has 2 aromatic heterocycles. The molecule has 3 aromatic rings. The summed E-state index contributed by atoms with van der Waals surface area (Å²) in [5, 5.41) is 7.52. The van der Waals surface area contributed by atoms with Gasteiger partial charge in [0.1, 0.15) is 5.82 Å². The zero-order valence-corrected chi connectivity index (χ0v) is 16.5. The Morgan fingerprint density at radius 3 is 2.67 bits per heavy atom. The molecule has 0 aliphatic carbocycles. The number of nitrogens with zero attached hydrogens (tertiary/aromatic N) is 2. The van der Waals surface area contributed by atoms with E-state index in [9.17, 15) is 9.59 Å². The van der Waals surface area contributed by atoms with Gasteiger partial charge in [0.25, 0.3) is 0 Å². The smallest absolute Gasteiger partial charge is 0.226 e. The van der Waals surface area contributed by atoms with Crippen LogP contribution in [0.4, 0.5) is 5.82 Å². The van der Waals surface area contributed by atoms with Gasteiger partial charge in [-0.2, -0.15) is 5.10 Å². The van der Waals surface area contributed by atoms with E-state index in [0.717, 1.165) is 23.4 Å². The maximum atomic E-state index is 13.0. The Balaban J connectivity index is 1.79. The molecule has 1 amide bonds. The van der Waals surface area contributed by atoms with E-state index in [1.54, 1.807) is 16.8 Å². The fourth-order valence-electron chi connectivity index (χ4n) is 3.45. The lowest BCUT2D eigenvalue weighted by atomic mass is 9.87. The van der Waals surface area contributed by atoms with Crippen LogP contribution in [0.25, 0.3) is 5.69 Å². The predicted octanol–water partition coefficient (Wildman–Crippen LogP) is 4.77. The molecule has 5 nitrogen and oxygen atoms in total. The number of aromatic nitrogens is 2. The van der Waals surface area contributed by atoms with Crippen molar-refractivity contribution in [2.45, 2.75) is 32.6 Å². The number of halogens is 1. The highest BCUT2D eigenvalue weighted by Gasteiger charge is 2.36. The van der Waals surface area contributed by atoms with Crippen molar-refractivity contribution in [1.82, 2.24) is 9.78 Å². The van der Waals surface area contributed by atoms with Gasteiger partial charge in [0.15, 0.2) is 5.78 Å². The third-order valence-corrected chi connectivity index (χ3v) is 6.07. The first-order valence-electron chi connectivity index (χ1n) is 8.76. The second-order valence-corrected chi connectivity index (χ2v) is 8.27. The van der Waals surface area contributed by atoms with Crippen molar-refractivity contribution in [1.29, 1.82) is 0 Å². The van der Waals surface area contributed by atoms with Crippen LogP contribution >= 0.6 is 22.9 Å². The number of fused-ring (bicyclic) bond motifs is 1. The summed E-state index contributed by atoms with van der Waals surface area (Å²) in [4.78, 5) is 25.9. The first kappa shape index (κ1) is 17.9. The number of anilines is 1. The van der Waals surface area contributed by atoms with Crippen molar-refractivity contribution in [3.63, 3.8) is 0 Å². The van der Waals surface area contributed by atoms with Gasteiger partial charge in [-0.1, -0.05) is 30.7 Å². The minimum atomic E-state index is -0.549. The van der Waals surface area contributed by atoms with E-state index in [-0.39, 0.29) is 18.1 Å². The van der Waals surface area contributed by atoms with Crippen LogP contribution < -0.4 is 5.32 Å². The van der Waals surface area contributed by atoms with Crippen molar-refractivity contribution in [2.75, 3.05) is 5.32 Å². The van der Waals surface area contributed by atoms with Crippen LogP contribution in [0.5, 0.6) is 0 Å². The van der Waals surface area contributed by atoms with Crippen molar-refractivity contribution in [2.24, 2.45) is 0 Å². The number of hydrogen-bond donors (Lipinski definition) is 1. The number of ketones is 1. The molecular weight excluding hydrogens is 382 g/mol. The van der Waals surface area contributed by atoms with E-state index in [0.29, 0.717) is 15.0 Å². The number of amides is 1. The summed E-state index contributed by atoms with van der Waals surface area (Å²) < 4.78 is 2.27. The van der Waals surface area contributed by atoms with Crippen molar-refractivity contribution >= 4 is 40.4 Å². The molecule has 0 bridgehead atoms. The molecule has 0 spiro atoms. The summed E-state index contributed by atoms with van der Waals surface area (Å²) in [6, 6.07) is 11.4. The van der Waals surface area contributed by atoms with Crippen LogP contribution in [0.3, 0.4) is 0 Å². The molecule has 0 radical (unpaired) electrons. The highest BCUT2D eigenvalue weighted by Crippen LogP contribution is 2.39. The predicted molar refractivity (Wildman–Crippen MR) is 107 cm³/mol. The van der Waals surface area contributed by atoms with Crippen LogP contribution in [0.1, 0.15) is 45.8 Å². The fourth-order valence-corrected chi connectivity index (χ4v) is 4.49. The Hall–Kier alpha value is -2.44. The van der Waals surface area contributed by atoms with Crippen LogP contribution in [0, 0.1) is 6.92 Å². The third-order valence-electron chi connectivity index (χ3n) is 4.82. The Morgan fingerprint density at radius 1 is 1.30 bits per heavy atom. The summed E-state index contributed by atoms with van der Waals surface area (Å²) in [7, 11) is 0. The van der Waals surface area contributed by atoms with Gasteiger partial charge in [-0.3, -0.25) is 9.59 Å². The molecule has 1 aromatic carbocycles. The van der Waals surface area contributed by atoms with Crippen LogP contribution in [-0.2, 0) is 11.2 Å². The minimum absolute atomic E-state index is 0.0908. The fraction of sp³-hybridized carbons (Fsp3) is 0.250. The van der Waals surface area contributed by atoms with Gasteiger partial charge >= 0.3 is 0 Å². The Kier molecular flexibility index (Phi) is 4.61. The number of carbonyl (C=O) groups is 2. The van der Waals surface area contributed by atoms with Gasteiger partial charge in [-0.05, 0) is 43.2 Å². The lowest BCUT2D eigenvalue weighted by molar-refractivity contribution is -0.116. The first-order chi connectivity index (χ1) is 13.0. The van der Waals surface area contributed by atoms with Gasteiger partial charge < -0.3 is 5.32 Å². The number of nitrogens with one attached hydrogen (secondary N) is 1. The molecule has 27 heavy (non-hydrogen) atoms. The molecule has 1 aliphatic heterocycles. The molecule has 0 saturated heterocycles. The van der Waals surface area contributed by atoms with Crippen molar-refractivity contribution in [3.8, 4) is 5.69 Å². The Bertz CT molecular complexity index is 1040. The summed E-state index contributed by atoms with van der Waals surface area (Å²) in [5.41, 5.74) is 3.60. The molecule has 1 N–H and O–H groups in total. The molecule has 7 heteroatoms. The van der Waals surface area contributed by atoms with Gasteiger partial charge in [-0.25, -0.2) is 4.68 Å². The van der Waals surface area contributed by atoms with E-state index in [4.69, 9.17) is 11.6 Å². The number of carbonyl (C=O) groups excluding carboxylic acids is 2. The van der Waals surface area contributed by atoms with Crippen molar-refractivity contribution in [3.05, 3.63) is 62.4 Å². The van der Waals surface area contributed by atoms with E-state index in [2.05, 4.69) is 17.3 Å². The van der Waals surface area contributed by atoms with Crippen LogP contribution in [-0.4, -0.2) is 21.5 Å². The molecule has 0 saturated carbocycles. The maximum Gasteiger partial charge on any atom is 0.226 e. The average molecular weight is 400 g/mol. The number of thiophene rings is 1. The molecule has 1 atom stereocenters. The first-order valence-corrected chi connectivity index (χ1v) is 9.95. The normalized spacial score (nSPS) is 16.1.